The van der Waals surface area contributed by atoms with Crippen molar-refractivity contribution in [3.8, 4) is 11.8 Å². The summed E-state index contributed by atoms with van der Waals surface area (Å²) in [7, 11) is 0. The minimum absolute atomic E-state index is 0.114. The summed E-state index contributed by atoms with van der Waals surface area (Å²) in [5.41, 5.74) is -1.88. The lowest BCUT2D eigenvalue weighted by atomic mass is 10.1. The monoisotopic (exact) mass is 300 g/mol. The number of carbonyl (C=O) groups is 1. The van der Waals surface area contributed by atoms with Gasteiger partial charge in [0.25, 0.3) is 0 Å². The number of aliphatic carboxylic acids is 1. The highest BCUT2D eigenvalue weighted by atomic mass is 19.4. The Bertz CT molecular complexity index is 595. The normalized spacial score (nSPS) is 21.8. The molecule has 1 aromatic heterocycles. The zero-order valence-corrected chi connectivity index (χ0v) is 10.7. The van der Waals surface area contributed by atoms with Crippen molar-refractivity contribution in [2.75, 3.05) is 0 Å². The molecule has 1 aromatic rings. The quantitative estimate of drug-likeness (QED) is 0.927. The minimum Gasteiger partial charge on any atom is -0.489 e. The molecule has 2 unspecified atom stereocenters. The number of pyridine rings is 1. The number of nitriles is 1. The van der Waals surface area contributed by atoms with Crippen LogP contribution in [0, 0.1) is 17.2 Å². The molecule has 8 heteroatoms. The number of carboxylic acid groups (broad SMARTS) is 1. The number of rotatable bonds is 3. The molecular formula is C13H11F3N2O3. The van der Waals surface area contributed by atoms with Crippen LogP contribution in [-0.2, 0) is 11.0 Å². The number of nitrogens with zero attached hydrogens (tertiary/aromatic N) is 2. The fourth-order valence-electron chi connectivity index (χ4n) is 2.28. The van der Waals surface area contributed by atoms with Crippen LogP contribution in [0.2, 0.25) is 0 Å². The molecule has 1 heterocycles. The van der Waals surface area contributed by atoms with Crippen molar-refractivity contribution in [1.82, 2.24) is 4.98 Å². The number of hydrogen-bond acceptors (Lipinski definition) is 4. The van der Waals surface area contributed by atoms with Gasteiger partial charge in [0.1, 0.15) is 11.8 Å². The van der Waals surface area contributed by atoms with E-state index in [-0.39, 0.29) is 12.2 Å². The molecule has 112 valence electrons. The van der Waals surface area contributed by atoms with Crippen molar-refractivity contribution < 1.29 is 27.8 Å². The molecular weight excluding hydrogens is 289 g/mol. The van der Waals surface area contributed by atoms with Crippen molar-refractivity contribution in [3.63, 3.8) is 0 Å². The zero-order valence-electron chi connectivity index (χ0n) is 10.7. The first-order valence-corrected chi connectivity index (χ1v) is 6.18. The Hall–Kier alpha value is -2.30. The van der Waals surface area contributed by atoms with E-state index in [2.05, 4.69) is 4.98 Å². The van der Waals surface area contributed by atoms with Crippen molar-refractivity contribution in [3.05, 3.63) is 23.5 Å². The Morgan fingerprint density at radius 2 is 2.19 bits per heavy atom. The van der Waals surface area contributed by atoms with Crippen LogP contribution in [-0.4, -0.2) is 22.2 Å². The summed E-state index contributed by atoms with van der Waals surface area (Å²) in [5, 5.41) is 17.5. The zero-order chi connectivity index (χ0) is 15.6. The number of ether oxygens (including phenoxy) is 1. The summed E-state index contributed by atoms with van der Waals surface area (Å²) in [6.07, 6.45) is -2.98. The summed E-state index contributed by atoms with van der Waals surface area (Å²) < 4.78 is 43.7. The first kappa shape index (κ1) is 15.1. The highest BCUT2D eigenvalue weighted by Crippen LogP contribution is 2.35. The molecule has 0 aromatic carbocycles. The maximum absolute atomic E-state index is 12.8. The molecule has 21 heavy (non-hydrogen) atoms. The average molecular weight is 300 g/mol. The molecule has 1 saturated carbocycles. The Morgan fingerprint density at radius 1 is 1.48 bits per heavy atom. The molecule has 0 radical (unpaired) electrons. The SMILES string of the molecule is N#Cc1ncc(OC2CCC(C(=O)O)C2)cc1C(F)(F)F. The molecule has 1 N–H and O–H groups in total. The van der Waals surface area contributed by atoms with Gasteiger partial charge in [0, 0.05) is 0 Å². The van der Waals surface area contributed by atoms with Crippen molar-refractivity contribution in [2.45, 2.75) is 31.5 Å². The smallest absolute Gasteiger partial charge is 0.419 e. The van der Waals surface area contributed by atoms with Crippen LogP contribution in [0.4, 0.5) is 13.2 Å². The number of aromatic nitrogens is 1. The van der Waals surface area contributed by atoms with Gasteiger partial charge in [0.15, 0.2) is 5.69 Å². The first-order valence-electron chi connectivity index (χ1n) is 6.18. The lowest BCUT2D eigenvalue weighted by molar-refractivity contribution is -0.141. The second-order valence-electron chi connectivity index (χ2n) is 4.76. The van der Waals surface area contributed by atoms with Crippen LogP contribution in [0.5, 0.6) is 5.75 Å². The highest BCUT2D eigenvalue weighted by Gasteiger charge is 2.36. The van der Waals surface area contributed by atoms with Gasteiger partial charge in [-0.2, -0.15) is 18.4 Å². The maximum atomic E-state index is 12.8. The van der Waals surface area contributed by atoms with E-state index in [1.165, 1.54) is 6.07 Å². The predicted molar refractivity (Wildman–Crippen MR) is 63.3 cm³/mol. The molecule has 1 aliphatic rings. The van der Waals surface area contributed by atoms with Gasteiger partial charge in [0.2, 0.25) is 0 Å². The third-order valence-electron chi connectivity index (χ3n) is 3.31. The summed E-state index contributed by atoms with van der Waals surface area (Å²) in [4.78, 5) is 14.3. The summed E-state index contributed by atoms with van der Waals surface area (Å²) in [6, 6.07) is 2.10. The van der Waals surface area contributed by atoms with E-state index in [4.69, 9.17) is 15.1 Å². The van der Waals surface area contributed by atoms with Crippen LogP contribution >= 0.6 is 0 Å². The number of carboxylic acids is 1. The van der Waals surface area contributed by atoms with Gasteiger partial charge in [0.05, 0.1) is 23.8 Å². The molecule has 2 rings (SSSR count). The fraction of sp³-hybridized carbons (Fsp3) is 0.462. The standard InChI is InChI=1S/C13H11F3N2O3/c14-13(15,16)10-4-9(6-18-11(10)5-17)21-8-2-1-7(3-8)12(19)20/h4,6-8H,1-3H2,(H,19,20). The van der Waals surface area contributed by atoms with Gasteiger partial charge in [-0.3, -0.25) is 4.79 Å². The molecule has 0 spiro atoms. The van der Waals surface area contributed by atoms with Gasteiger partial charge in [-0.25, -0.2) is 4.98 Å². The molecule has 0 saturated heterocycles. The van der Waals surface area contributed by atoms with E-state index in [9.17, 15) is 18.0 Å². The van der Waals surface area contributed by atoms with Gasteiger partial charge < -0.3 is 9.84 Å². The Morgan fingerprint density at radius 3 is 2.71 bits per heavy atom. The average Bonchev–Trinajstić information content (AvgIpc) is 2.86. The largest absolute Gasteiger partial charge is 0.489 e. The third kappa shape index (κ3) is 3.42. The lowest BCUT2D eigenvalue weighted by Gasteiger charge is -2.15. The Balaban J connectivity index is 2.16. The second-order valence-corrected chi connectivity index (χ2v) is 4.76. The molecule has 0 aliphatic heterocycles. The summed E-state index contributed by atoms with van der Waals surface area (Å²) >= 11 is 0. The Labute approximate surface area is 118 Å². The molecule has 0 amide bonds. The van der Waals surface area contributed by atoms with E-state index in [1.54, 1.807) is 0 Å². The molecule has 5 nitrogen and oxygen atoms in total. The van der Waals surface area contributed by atoms with E-state index < -0.39 is 35.4 Å². The molecule has 0 bridgehead atoms. The minimum atomic E-state index is -4.70. The topological polar surface area (TPSA) is 83.2 Å². The number of alkyl halides is 3. The molecule has 1 fully saturated rings. The Kier molecular flexibility index (Phi) is 4.02. The molecule has 2 atom stereocenters. The van der Waals surface area contributed by atoms with Crippen LogP contribution < -0.4 is 4.74 Å². The van der Waals surface area contributed by atoms with Crippen LogP contribution in [0.15, 0.2) is 12.3 Å². The van der Waals surface area contributed by atoms with E-state index in [1.807, 2.05) is 0 Å². The summed E-state index contributed by atoms with van der Waals surface area (Å²) in [6.45, 7) is 0. The molecule has 1 aliphatic carbocycles. The van der Waals surface area contributed by atoms with Gasteiger partial charge >= 0.3 is 12.1 Å². The highest BCUT2D eigenvalue weighted by molar-refractivity contribution is 5.70. The van der Waals surface area contributed by atoms with Crippen molar-refractivity contribution >= 4 is 5.97 Å². The van der Waals surface area contributed by atoms with E-state index in [0.717, 1.165) is 12.3 Å². The van der Waals surface area contributed by atoms with E-state index >= 15 is 0 Å². The fourth-order valence-corrected chi connectivity index (χ4v) is 2.28. The van der Waals surface area contributed by atoms with Gasteiger partial charge in [-0.15, -0.1) is 0 Å². The van der Waals surface area contributed by atoms with Gasteiger partial charge in [-0.1, -0.05) is 0 Å². The van der Waals surface area contributed by atoms with E-state index in [0.29, 0.717) is 12.8 Å². The van der Waals surface area contributed by atoms with Crippen LogP contribution in [0.25, 0.3) is 0 Å². The van der Waals surface area contributed by atoms with Crippen LogP contribution in [0.1, 0.15) is 30.5 Å². The number of hydrogen-bond donors (Lipinski definition) is 1. The first-order chi connectivity index (χ1) is 9.81. The second kappa shape index (κ2) is 5.60. The van der Waals surface area contributed by atoms with Crippen molar-refractivity contribution in [2.24, 2.45) is 5.92 Å². The lowest BCUT2D eigenvalue weighted by Crippen LogP contribution is -2.16. The third-order valence-corrected chi connectivity index (χ3v) is 3.31. The number of halogens is 3. The maximum Gasteiger partial charge on any atom is 0.419 e. The summed E-state index contributed by atoms with van der Waals surface area (Å²) in [5.74, 6) is -1.59. The van der Waals surface area contributed by atoms with Gasteiger partial charge in [-0.05, 0) is 25.3 Å². The van der Waals surface area contributed by atoms with Crippen LogP contribution in [0.3, 0.4) is 0 Å². The van der Waals surface area contributed by atoms with Crippen molar-refractivity contribution in [1.29, 1.82) is 5.26 Å². The predicted octanol–water partition coefficient (Wildman–Crippen LogP) is 2.60.